The molecule has 23 N–H and O–H groups in total. The number of hydrogen-bond acceptors (Lipinski definition) is 22. The molecule has 40 nitrogen and oxygen atoms in total. The number of primary amides is 1. The van der Waals surface area contributed by atoms with Crippen LogP contribution < -0.4 is 75.7 Å². The molecule has 5 rings (SSSR count). The minimum atomic E-state index is -1.74. The lowest BCUT2D eigenvalue weighted by atomic mass is 9.99. The first kappa shape index (κ1) is 93.9. The number of aromatic nitrogens is 2. The number of carbonyl (C=O) groups is 17. The average Bonchev–Trinajstić information content (AvgIpc) is 1.75. The second kappa shape index (κ2) is 46.5. The molecule has 115 heavy (non-hydrogen) atoms. The van der Waals surface area contributed by atoms with Crippen molar-refractivity contribution in [2.75, 3.05) is 26.2 Å². The van der Waals surface area contributed by atoms with Crippen molar-refractivity contribution in [3.05, 3.63) is 83.9 Å². The number of rotatable bonds is 48. The largest absolute Gasteiger partial charge is 0.508 e. The molecule has 0 saturated carbocycles. The number of hydrogen-bond donors (Lipinski definition) is 20. The van der Waals surface area contributed by atoms with Crippen LogP contribution in [0.25, 0.3) is 0 Å². The maximum absolute atomic E-state index is 15.2. The van der Waals surface area contributed by atoms with Crippen LogP contribution in [0.3, 0.4) is 0 Å². The highest BCUT2D eigenvalue weighted by atomic mass is 16.4. The first-order valence-corrected chi connectivity index (χ1v) is 38.2. The number of aliphatic carboxylic acids is 3. The van der Waals surface area contributed by atoms with Crippen LogP contribution in [0.1, 0.15) is 148 Å². The molecule has 0 radical (unpaired) electrons. The summed E-state index contributed by atoms with van der Waals surface area (Å²) in [6, 6.07) is -5.18. The number of nitrogens with one attached hydrogen (secondary N) is 12. The normalized spacial score (nSPS) is 17.0. The Kier molecular flexibility index (Phi) is 38.0. The molecule has 2 aliphatic rings. The van der Waals surface area contributed by atoms with Crippen molar-refractivity contribution in [1.29, 1.82) is 0 Å². The third-order valence-electron chi connectivity index (χ3n) is 19.2. The molecule has 2 aromatic carbocycles. The van der Waals surface area contributed by atoms with Gasteiger partial charge in [0.05, 0.1) is 25.0 Å². The van der Waals surface area contributed by atoms with Gasteiger partial charge in [-0.3, -0.25) is 76.7 Å². The molecular formula is C75H110N18O22. The number of carbonyl (C=O) groups excluding carboxylic acids is 14. The van der Waals surface area contributed by atoms with Crippen molar-refractivity contribution in [3.8, 4) is 5.75 Å². The Bertz CT molecular complexity index is 3870. The standard InChI is InChI=1S/C75H110N18O22/c1-39(2)32-53(73(112)92-30-13-18-56(92)70(109)85-50(75(114)115)16-10-11-29-76)88-66(105)49(25-28-60(100)101)84-69(108)55-17-12-31-93(55)74(113)54(34-44-19-21-46(95)22-20-44)89-72(111)61(40(3)4)90-68(107)52(35-45-36-79-38-81-45)87-67(106)51(33-43-14-8-7-9-15-43)86-65(104)48(24-26-57(78)96)83-58(97)37-80-71(110)62(42(6)94)91-63(102)41(5)82-64(103)47(77)23-27-59(98)99/h7-9,14-15,19-22,36,38-42,47-56,61-62,94-95H,10-13,16-18,23-35,37,76-77H2,1-6H3,(H2,78,96)(H,79,81)(H,80,110)(H,82,103)(H,83,97)(H,84,108)(H,85,109)(H,86,104)(H,87,106)(H,88,105)(H,89,111)(H,90,107)(H,91,102)(H,98,99)(H,100,101)(H,114,115)/t41-,42+,47-,48-,49-,50-,51-,52-,53-,54-,55-,56-,61-,62-/m0/s1. The van der Waals surface area contributed by atoms with Gasteiger partial charge in [0.15, 0.2) is 0 Å². The number of benzene rings is 2. The Morgan fingerprint density at radius 3 is 1.57 bits per heavy atom. The Morgan fingerprint density at radius 2 is 1.03 bits per heavy atom. The van der Waals surface area contributed by atoms with Crippen molar-refractivity contribution < 1.29 is 107 Å². The lowest BCUT2D eigenvalue weighted by molar-refractivity contribution is -0.145. The number of phenolic OH excluding ortho intramolecular Hbond substituents is 1. The predicted octanol–water partition coefficient (Wildman–Crippen LogP) is -4.27. The van der Waals surface area contributed by atoms with Crippen molar-refractivity contribution in [1.82, 2.24) is 78.3 Å². The molecule has 1 aromatic heterocycles. The van der Waals surface area contributed by atoms with E-state index in [0.29, 0.717) is 36.9 Å². The molecule has 0 unspecified atom stereocenters. The smallest absolute Gasteiger partial charge is 0.326 e. The number of amides is 14. The van der Waals surface area contributed by atoms with Gasteiger partial charge in [0.1, 0.15) is 78.3 Å². The van der Waals surface area contributed by atoms with E-state index in [1.165, 1.54) is 53.5 Å². The van der Waals surface area contributed by atoms with Crippen molar-refractivity contribution >= 4 is 101 Å². The van der Waals surface area contributed by atoms with E-state index < -0.39 is 230 Å². The molecular weight excluding hydrogens is 1500 g/mol. The molecule has 2 saturated heterocycles. The molecule has 3 heterocycles. The van der Waals surface area contributed by atoms with Crippen molar-refractivity contribution in [2.24, 2.45) is 29.0 Å². The SMILES string of the molecule is CC(C)C[C@H](NC(=O)[C@H](CCC(=O)O)NC(=O)[C@@H]1CCCN1C(=O)[C@H](Cc1ccc(O)cc1)NC(=O)[C@@H](NC(=O)[C@H](Cc1cnc[nH]1)NC(=O)[C@H](Cc1ccccc1)NC(=O)[C@H](CCC(N)=O)NC(=O)CNC(=O)[C@@H](NC(=O)[C@H](C)NC(=O)[C@@H](N)CCC(=O)O)[C@@H](C)O)C(C)C)C(=O)N1CCC[C@H]1C(=O)N[C@@H](CCCCN)C(=O)O. The number of imidazole rings is 1. The third-order valence-corrected chi connectivity index (χ3v) is 19.2. The zero-order chi connectivity index (χ0) is 85.3. The number of phenols is 1. The van der Waals surface area contributed by atoms with Crippen LogP contribution in [0.15, 0.2) is 67.1 Å². The number of unbranched alkanes of at least 4 members (excludes halogenated alkanes) is 1. The van der Waals surface area contributed by atoms with Gasteiger partial charge in [-0.2, -0.15) is 0 Å². The van der Waals surface area contributed by atoms with Gasteiger partial charge in [-0.1, -0.05) is 70.2 Å². The van der Waals surface area contributed by atoms with Crippen LogP contribution in [0.2, 0.25) is 0 Å². The van der Waals surface area contributed by atoms with E-state index in [9.17, 15) is 97.1 Å². The molecule has 632 valence electrons. The number of nitrogens with two attached hydrogens (primary N) is 3. The van der Waals surface area contributed by atoms with Gasteiger partial charge in [-0.15, -0.1) is 0 Å². The van der Waals surface area contributed by atoms with E-state index in [-0.39, 0.29) is 88.2 Å². The molecule has 0 aliphatic carbocycles. The molecule has 2 fully saturated rings. The lowest BCUT2D eigenvalue weighted by Crippen LogP contribution is -2.62. The van der Waals surface area contributed by atoms with Gasteiger partial charge in [0, 0.05) is 63.5 Å². The van der Waals surface area contributed by atoms with Gasteiger partial charge in [0.2, 0.25) is 82.7 Å². The van der Waals surface area contributed by atoms with Crippen molar-refractivity contribution in [2.45, 2.75) is 235 Å². The van der Waals surface area contributed by atoms with E-state index in [2.05, 4.69) is 68.5 Å². The zero-order valence-electron chi connectivity index (χ0n) is 65.2. The van der Waals surface area contributed by atoms with Gasteiger partial charge in [-0.05, 0) is 126 Å². The maximum Gasteiger partial charge on any atom is 0.326 e. The molecule has 0 bridgehead atoms. The predicted molar refractivity (Wildman–Crippen MR) is 408 cm³/mol. The summed E-state index contributed by atoms with van der Waals surface area (Å²) >= 11 is 0. The van der Waals surface area contributed by atoms with Gasteiger partial charge in [0.25, 0.3) is 0 Å². The summed E-state index contributed by atoms with van der Waals surface area (Å²) in [5.74, 6) is -18.1. The Morgan fingerprint density at radius 1 is 0.522 bits per heavy atom. The minimum Gasteiger partial charge on any atom is -0.508 e. The van der Waals surface area contributed by atoms with E-state index >= 15 is 4.79 Å². The number of likely N-dealkylation sites (tertiary alicyclic amines) is 2. The Hall–Kier alpha value is -11.7. The van der Waals surface area contributed by atoms with Gasteiger partial charge in [-0.25, -0.2) is 9.78 Å². The quantitative estimate of drug-likeness (QED) is 0.0238. The van der Waals surface area contributed by atoms with E-state index in [1.54, 1.807) is 58.0 Å². The number of aliphatic hydroxyl groups excluding tert-OH is 1. The topological polar surface area (TPSA) is 637 Å². The van der Waals surface area contributed by atoms with Crippen LogP contribution in [0.5, 0.6) is 5.75 Å². The van der Waals surface area contributed by atoms with E-state index in [0.717, 1.165) is 6.92 Å². The summed E-state index contributed by atoms with van der Waals surface area (Å²) in [7, 11) is 0. The highest BCUT2D eigenvalue weighted by Gasteiger charge is 2.44. The summed E-state index contributed by atoms with van der Waals surface area (Å²) < 4.78 is 0. The first-order valence-electron chi connectivity index (χ1n) is 38.2. The van der Waals surface area contributed by atoms with Crippen LogP contribution in [0, 0.1) is 11.8 Å². The third kappa shape index (κ3) is 31.0. The number of aromatic hydroxyl groups is 1. The van der Waals surface area contributed by atoms with Crippen LogP contribution in [-0.4, -0.2) is 257 Å². The summed E-state index contributed by atoms with van der Waals surface area (Å²) in [5.41, 5.74) is 17.9. The lowest BCUT2D eigenvalue weighted by Gasteiger charge is -2.32. The monoisotopic (exact) mass is 1610 g/mol. The second-order valence-electron chi connectivity index (χ2n) is 29.3. The number of carboxylic acids is 3. The molecule has 40 heteroatoms. The maximum atomic E-state index is 15.2. The summed E-state index contributed by atoms with van der Waals surface area (Å²) in [6.45, 7) is 8.42. The summed E-state index contributed by atoms with van der Waals surface area (Å²) in [6.07, 6.45) is -0.871. The van der Waals surface area contributed by atoms with Crippen LogP contribution >= 0.6 is 0 Å². The van der Waals surface area contributed by atoms with E-state index in [4.69, 9.17) is 22.3 Å². The van der Waals surface area contributed by atoms with Crippen LogP contribution in [-0.2, 0) is 101 Å². The molecule has 14 atom stereocenters. The Balaban J connectivity index is 1.36. The minimum absolute atomic E-state index is 0.00828. The second-order valence-corrected chi connectivity index (χ2v) is 29.3. The average molecular weight is 1620 g/mol. The molecule has 3 aromatic rings. The number of nitrogens with zero attached hydrogens (tertiary/aromatic N) is 3. The number of aromatic amines is 1. The molecule has 14 amide bonds. The first-order chi connectivity index (χ1) is 54.4. The molecule has 0 spiro atoms. The fourth-order valence-corrected chi connectivity index (χ4v) is 12.9. The highest BCUT2D eigenvalue weighted by molar-refractivity contribution is 6.00. The van der Waals surface area contributed by atoms with Crippen molar-refractivity contribution in [3.63, 3.8) is 0 Å². The zero-order valence-corrected chi connectivity index (χ0v) is 65.2. The Labute approximate surface area is 663 Å². The fourth-order valence-electron chi connectivity index (χ4n) is 12.9. The fraction of sp³-hybridized carbons (Fsp3) is 0.573. The summed E-state index contributed by atoms with van der Waals surface area (Å²) in [4.78, 5) is 241. The summed E-state index contributed by atoms with van der Waals surface area (Å²) in [5, 5.41) is 76.9. The highest BCUT2D eigenvalue weighted by Crippen LogP contribution is 2.24. The number of H-pyrrole nitrogens is 1. The molecule has 2 aliphatic heterocycles. The van der Waals surface area contributed by atoms with E-state index in [1.807, 2.05) is 0 Å². The number of carboxylic acid groups (broad SMARTS) is 3. The van der Waals surface area contributed by atoms with Gasteiger partial charge < -0.3 is 116 Å². The van der Waals surface area contributed by atoms with Crippen LogP contribution in [0.4, 0.5) is 0 Å². The van der Waals surface area contributed by atoms with Gasteiger partial charge >= 0.3 is 17.9 Å². The number of aliphatic hydroxyl groups is 1.